The minimum Gasteiger partial charge on any atom is -0.497 e. The van der Waals surface area contributed by atoms with E-state index in [-0.39, 0.29) is 5.44 Å². The molecule has 0 radical (unpaired) electrons. The minimum absolute atomic E-state index is 0.165. The highest BCUT2D eigenvalue weighted by Crippen LogP contribution is 2.34. The van der Waals surface area contributed by atoms with E-state index in [0.29, 0.717) is 5.75 Å². The number of imidazole rings is 1. The molecule has 24 heavy (non-hydrogen) atoms. The van der Waals surface area contributed by atoms with Gasteiger partial charge in [0.15, 0.2) is 0 Å². The van der Waals surface area contributed by atoms with Crippen molar-refractivity contribution in [1.29, 1.82) is 0 Å². The zero-order valence-electron chi connectivity index (χ0n) is 13.8. The summed E-state index contributed by atoms with van der Waals surface area (Å²) in [6.45, 7) is 2.15. The highest BCUT2D eigenvalue weighted by molar-refractivity contribution is 7.80. The molecular weight excluding hydrogens is 322 g/mol. The Morgan fingerprint density at radius 3 is 2.92 bits per heavy atom. The van der Waals surface area contributed by atoms with E-state index < -0.39 is 0 Å². The molecule has 0 saturated carbocycles. The number of H-pyrrole nitrogens is 1. The molecule has 1 atom stereocenters. The molecule has 0 aliphatic rings. The normalized spacial score (nSPS) is 12.3. The number of ether oxygens (including phenoxy) is 2. The maximum absolute atomic E-state index is 6.05. The number of aromatic nitrogens is 3. The van der Waals surface area contributed by atoms with Gasteiger partial charge in [-0.2, -0.15) is 0 Å². The van der Waals surface area contributed by atoms with Crippen molar-refractivity contribution in [3.8, 4) is 22.9 Å². The molecule has 1 unspecified atom stereocenters. The highest BCUT2D eigenvalue weighted by Gasteiger charge is 2.15. The quantitative estimate of drug-likeness (QED) is 0.491. The van der Waals surface area contributed by atoms with Crippen LogP contribution in [-0.4, -0.2) is 27.5 Å². The van der Waals surface area contributed by atoms with Crippen LogP contribution < -0.4 is 9.47 Å². The van der Waals surface area contributed by atoms with Gasteiger partial charge in [-0.05, 0) is 31.0 Å². The van der Waals surface area contributed by atoms with Gasteiger partial charge in [0.05, 0.1) is 24.4 Å². The Morgan fingerprint density at radius 2 is 2.17 bits per heavy atom. The summed E-state index contributed by atoms with van der Waals surface area (Å²) < 4.78 is 11.4. The molecule has 6 heteroatoms. The summed E-state index contributed by atoms with van der Waals surface area (Å²) >= 11 is 4.55. The number of hydrogen-bond acceptors (Lipinski definition) is 5. The third-order valence-corrected chi connectivity index (χ3v) is 4.16. The van der Waals surface area contributed by atoms with Crippen LogP contribution in [0.2, 0.25) is 0 Å². The highest BCUT2D eigenvalue weighted by atomic mass is 32.1. The van der Waals surface area contributed by atoms with Crippen molar-refractivity contribution < 1.29 is 9.47 Å². The molecular formula is C18H21N3O2S. The van der Waals surface area contributed by atoms with E-state index in [1.807, 2.05) is 24.3 Å². The van der Waals surface area contributed by atoms with Crippen molar-refractivity contribution in [2.24, 2.45) is 0 Å². The maximum Gasteiger partial charge on any atom is 0.142 e. The molecule has 1 N–H and O–H groups in total. The van der Waals surface area contributed by atoms with Gasteiger partial charge in [-0.25, -0.2) is 4.98 Å². The number of fused-ring (bicyclic) bond motifs is 1. The Balaban J connectivity index is 1.96. The summed E-state index contributed by atoms with van der Waals surface area (Å²) in [4.78, 5) is 12.0. The van der Waals surface area contributed by atoms with Crippen LogP contribution in [0, 0.1) is 0 Å². The van der Waals surface area contributed by atoms with Crippen LogP contribution in [0.5, 0.6) is 11.5 Å². The topological polar surface area (TPSA) is 60.0 Å². The first-order valence-electron chi connectivity index (χ1n) is 8.04. The second-order valence-electron chi connectivity index (χ2n) is 5.56. The second kappa shape index (κ2) is 7.57. The lowest BCUT2D eigenvalue weighted by molar-refractivity contribution is 0.274. The number of nitrogens with zero attached hydrogens (tertiary/aromatic N) is 2. The molecule has 2 aromatic heterocycles. The third kappa shape index (κ3) is 3.64. The van der Waals surface area contributed by atoms with Gasteiger partial charge in [-0.15, -0.1) is 12.6 Å². The first kappa shape index (κ1) is 16.6. The molecule has 0 aliphatic heterocycles. The summed E-state index contributed by atoms with van der Waals surface area (Å²) in [5.41, 5.74) is 2.47. The fourth-order valence-electron chi connectivity index (χ4n) is 2.49. The number of methoxy groups -OCH3 is 1. The molecule has 3 rings (SSSR count). The van der Waals surface area contributed by atoms with Gasteiger partial charge >= 0.3 is 0 Å². The predicted molar refractivity (Wildman–Crippen MR) is 98.8 cm³/mol. The molecule has 0 fully saturated rings. The Labute approximate surface area is 146 Å². The standard InChI is InChI=1S/C18H21N3O2S/c1-3-4-5-17(24)23-16-10-12(22-2)6-7-13(16)18-20-14-8-9-19-11-15(14)21-18/h6-11,17,24H,3-5H2,1-2H3,(H,20,21). The fraction of sp³-hybridized carbons (Fsp3) is 0.333. The van der Waals surface area contributed by atoms with Gasteiger partial charge in [0.1, 0.15) is 28.3 Å². The van der Waals surface area contributed by atoms with E-state index in [0.717, 1.165) is 47.4 Å². The van der Waals surface area contributed by atoms with Crippen molar-refractivity contribution in [3.63, 3.8) is 0 Å². The zero-order chi connectivity index (χ0) is 16.9. The monoisotopic (exact) mass is 343 g/mol. The van der Waals surface area contributed by atoms with E-state index in [1.54, 1.807) is 19.5 Å². The van der Waals surface area contributed by atoms with E-state index >= 15 is 0 Å². The minimum atomic E-state index is -0.165. The molecule has 3 aromatic rings. The summed E-state index contributed by atoms with van der Waals surface area (Å²) in [5.74, 6) is 2.19. The zero-order valence-corrected chi connectivity index (χ0v) is 14.7. The van der Waals surface area contributed by atoms with Gasteiger partial charge in [0.25, 0.3) is 0 Å². The lowest BCUT2D eigenvalue weighted by atomic mass is 10.1. The van der Waals surface area contributed by atoms with E-state index in [2.05, 4.69) is 34.5 Å². The van der Waals surface area contributed by atoms with E-state index in [4.69, 9.17) is 9.47 Å². The summed E-state index contributed by atoms with van der Waals surface area (Å²) in [6, 6.07) is 7.61. The number of nitrogens with one attached hydrogen (secondary N) is 1. The Morgan fingerprint density at radius 1 is 1.29 bits per heavy atom. The first-order chi connectivity index (χ1) is 11.7. The molecule has 0 spiro atoms. The Kier molecular flexibility index (Phi) is 5.25. The average molecular weight is 343 g/mol. The molecule has 1 aromatic carbocycles. The molecule has 0 aliphatic carbocycles. The number of hydrogen-bond donors (Lipinski definition) is 2. The molecule has 2 heterocycles. The van der Waals surface area contributed by atoms with Crippen LogP contribution in [-0.2, 0) is 0 Å². The number of thiol groups is 1. The number of aromatic amines is 1. The van der Waals surface area contributed by atoms with Gasteiger partial charge in [0.2, 0.25) is 0 Å². The van der Waals surface area contributed by atoms with Crippen molar-refractivity contribution in [2.45, 2.75) is 31.6 Å². The van der Waals surface area contributed by atoms with Crippen molar-refractivity contribution >= 4 is 23.7 Å². The van der Waals surface area contributed by atoms with E-state index in [1.165, 1.54) is 0 Å². The lowest BCUT2D eigenvalue weighted by Gasteiger charge is -2.16. The summed E-state index contributed by atoms with van der Waals surface area (Å²) in [7, 11) is 1.64. The number of pyridine rings is 1. The summed E-state index contributed by atoms with van der Waals surface area (Å²) in [6.07, 6.45) is 6.55. The molecule has 5 nitrogen and oxygen atoms in total. The fourth-order valence-corrected chi connectivity index (χ4v) is 2.79. The van der Waals surface area contributed by atoms with Crippen LogP contribution in [0.3, 0.4) is 0 Å². The van der Waals surface area contributed by atoms with Crippen LogP contribution >= 0.6 is 12.6 Å². The van der Waals surface area contributed by atoms with Crippen LogP contribution in [0.25, 0.3) is 22.4 Å². The number of benzene rings is 1. The molecule has 0 bridgehead atoms. The van der Waals surface area contributed by atoms with E-state index in [9.17, 15) is 0 Å². The van der Waals surface area contributed by atoms with Crippen molar-refractivity contribution in [2.75, 3.05) is 7.11 Å². The molecule has 0 saturated heterocycles. The van der Waals surface area contributed by atoms with Crippen LogP contribution in [0.4, 0.5) is 0 Å². The largest absolute Gasteiger partial charge is 0.497 e. The second-order valence-corrected chi connectivity index (χ2v) is 6.13. The number of rotatable bonds is 7. The predicted octanol–water partition coefficient (Wildman–Crippen LogP) is 4.46. The summed E-state index contributed by atoms with van der Waals surface area (Å²) in [5, 5.41) is 0. The lowest BCUT2D eigenvalue weighted by Crippen LogP contribution is -2.09. The van der Waals surface area contributed by atoms with Gasteiger partial charge < -0.3 is 14.5 Å². The first-order valence-corrected chi connectivity index (χ1v) is 8.55. The smallest absolute Gasteiger partial charge is 0.142 e. The third-order valence-electron chi connectivity index (χ3n) is 3.80. The van der Waals surface area contributed by atoms with Gasteiger partial charge in [-0.3, -0.25) is 4.98 Å². The average Bonchev–Trinajstić information content (AvgIpc) is 3.03. The SMILES string of the molecule is CCCCC(S)Oc1cc(OC)ccc1-c1nc2cnccc2[nH]1. The number of unbranched alkanes of at least 4 members (excludes halogenated alkanes) is 1. The molecule has 126 valence electrons. The van der Waals surface area contributed by atoms with Gasteiger partial charge in [0, 0.05) is 12.3 Å². The van der Waals surface area contributed by atoms with Crippen LogP contribution in [0.1, 0.15) is 26.2 Å². The van der Waals surface area contributed by atoms with Crippen molar-refractivity contribution in [1.82, 2.24) is 15.0 Å². The van der Waals surface area contributed by atoms with Crippen molar-refractivity contribution in [3.05, 3.63) is 36.7 Å². The Bertz CT molecular complexity index is 786. The van der Waals surface area contributed by atoms with Gasteiger partial charge in [-0.1, -0.05) is 13.3 Å². The maximum atomic E-state index is 6.05. The Hall–Kier alpha value is -2.21. The molecule has 0 amide bonds. The van der Waals surface area contributed by atoms with Crippen LogP contribution in [0.15, 0.2) is 36.7 Å².